The van der Waals surface area contributed by atoms with E-state index in [4.69, 9.17) is 9.47 Å². The maximum absolute atomic E-state index is 14.4. The molecule has 1 aromatic heterocycles. The predicted octanol–water partition coefficient (Wildman–Crippen LogP) is 2.62. The number of carbonyl (C=O) groups is 3. The zero-order valence-corrected chi connectivity index (χ0v) is 19.7. The first-order chi connectivity index (χ1) is 16.9. The van der Waals surface area contributed by atoms with Crippen LogP contribution in [0.2, 0.25) is 0 Å². The smallest absolute Gasteiger partial charge is 0.415 e. The van der Waals surface area contributed by atoms with Gasteiger partial charge in [-0.1, -0.05) is 11.8 Å². The Hall–Kier alpha value is -3.61. The molecule has 2 aromatic rings. The lowest BCUT2D eigenvalue weighted by molar-refractivity contribution is -0.117. The van der Waals surface area contributed by atoms with Crippen molar-refractivity contribution in [3.63, 3.8) is 0 Å². The molecule has 0 saturated carbocycles. The first kappa shape index (κ1) is 23.1. The monoisotopic (exact) mass is 502 g/mol. The summed E-state index contributed by atoms with van der Waals surface area (Å²) in [6.07, 6.45) is 2.51. The molecule has 0 unspecified atom stereocenters. The first-order valence-corrected chi connectivity index (χ1v) is 12.1. The summed E-state index contributed by atoms with van der Waals surface area (Å²) >= 11 is 1.29. The van der Waals surface area contributed by atoms with Crippen LogP contribution in [0.15, 0.2) is 23.4 Å². The second-order valence-corrected chi connectivity index (χ2v) is 9.22. The van der Waals surface area contributed by atoms with E-state index in [1.807, 2.05) is 0 Å². The number of likely N-dealkylation sites (N-methyl/N-ethyl adjacent to an activating group) is 1. The van der Waals surface area contributed by atoms with Crippen molar-refractivity contribution < 1.29 is 28.2 Å². The summed E-state index contributed by atoms with van der Waals surface area (Å²) < 4.78 is 25.6. The molecule has 5 rings (SSSR count). The van der Waals surface area contributed by atoms with Crippen molar-refractivity contribution in [3.05, 3.63) is 24.1 Å². The number of hydrogen-bond donors (Lipinski definition) is 2. The van der Waals surface area contributed by atoms with Gasteiger partial charge in [0.05, 0.1) is 37.3 Å². The number of anilines is 4. The van der Waals surface area contributed by atoms with Crippen LogP contribution in [0.4, 0.5) is 32.2 Å². The van der Waals surface area contributed by atoms with Gasteiger partial charge in [-0.2, -0.15) is 0 Å². The zero-order chi connectivity index (χ0) is 24.5. The molecular formula is C22H23FN6O5S. The third-order valence-electron chi connectivity index (χ3n) is 5.86. The fraction of sp³-hybridized carbons (Fsp3) is 0.409. The largest absolute Gasteiger partial charge is 0.488 e. The highest BCUT2D eigenvalue weighted by atomic mass is 32.2. The number of amides is 3. The van der Waals surface area contributed by atoms with Gasteiger partial charge in [0, 0.05) is 7.05 Å². The molecule has 1 aromatic carbocycles. The van der Waals surface area contributed by atoms with E-state index in [0.29, 0.717) is 53.8 Å². The van der Waals surface area contributed by atoms with Gasteiger partial charge in [-0.05, 0) is 31.4 Å². The van der Waals surface area contributed by atoms with Crippen LogP contribution in [-0.4, -0.2) is 66.5 Å². The second kappa shape index (κ2) is 9.56. The van der Waals surface area contributed by atoms with Crippen molar-refractivity contribution in [1.82, 2.24) is 9.97 Å². The molecule has 3 aliphatic rings. The first-order valence-electron chi connectivity index (χ1n) is 11.1. The van der Waals surface area contributed by atoms with Crippen LogP contribution in [-0.2, 0) is 14.3 Å². The third kappa shape index (κ3) is 4.67. The lowest BCUT2D eigenvalue weighted by atomic mass is 10.1. The molecule has 0 aliphatic carbocycles. The summed E-state index contributed by atoms with van der Waals surface area (Å²) in [7, 11) is 1.59. The summed E-state index contributed by atoms with van der Waals surface area (Å²) in [5, 5.41) is 6.24. The average Bonchev–Trinajstić information content (AvgIpc) is 3.22. The maximum atomic E-state index is 14.4. The van der Waals surface area contributed by atoms with E-state index in [0.717, 1.165) is 0 Å². The van der Waals surface area contributed by atoms with Crippen molar-refractivity contribution in [2.24, 2.45) is 0 Å². The quantitative estimate of drug-likeness (QED) is 0.550. The fourth-order valence-electron chi connectivity index (χ4n) is 4.07. The number of unbranched alkanes of at least 4 members (excludes halogenated alkanes) is 1. The van der Waals surface area contributed by atoms with Gasteiger partial charge in [0.15, 0.2) is 23.2 Å². The molecule has 2 N–H and O–H groups in total. The minimum Gasteiger partial charge on any atom is -0.488 e. The SMILES string of the molecule is CN1C(=O)CNc2ccc(F)c(OCCCC[C@H]3CN(c4cnc5c(n4)NC(=O)CS5)C(=O)O3)c21. The highest BCUT2D eigenvalue weighted by Crippen LogP contribution is 2.40. The van der Waals surface area contributed by atoms with Crippen molar-refractivity contribution >= 4 is 52.7 Å². The molecule has 35 heavy (non-hydrogen) atoms. The molecule has 4 heterocycles. The molecule has 1 atom stereocenters. The van der Waals surface area contributed by atoms with Crippen LogP contribution in [0, 0.1) is 5.82 Å². The van der Waals surface area contributed by atoms with Gasteiger partial charge >= 0.3 is 6.09 Å². The fourth-order valence-corrected chi connectivity index (χ4v) is 4.77. The molecule has 3 amide bonds. The van der Waals surface area contributed by atoms with Gasteiger partial charge < -0.3 is 25.0 Å². The Morgan fingerprint density at radius 2 is 2.14 bits per heavy atom. The number of cyclic esters (lactones) is 1. The minimum absolute atomic E-state index is 0.0419. The average molecular weight is 503 g/mol. The number of ether oxygens (including phenoxy) is 2. The van der Waals surface area contributed by atoms with Gasteiger partial charge in [-0.3, -0.25) is 14.5 Å². The van der Waals surface area contributed by atoms with E-state index in [-0.39, 0.29) is 42.6 Å². The zero-order valence-electron chi connectivity index (χ0n) is 18.9. The molecule has 0 spiro atoms. The Morgan fingerprint density at radius 3 is 3.00 bits per heavy atom. The Bertz CT molecular complexity index is 1200. The molecule has 0 radical (unpaired) electrons. The molecule has 11 nitrogen and oxygen atoms in total. The predicted molar refractivity (Wildman–Crippen MR) is 127 cm³/mol. The number of nitrogens with zero attached hydrogens (tertiary/aromatic N) is 4. The van der Waals surface area contributed by atoms with E-state index in [1.54, 1.807) is 13.1 Å². The summed E-state index contributed by atoms with van der Waals surface area (Å²) in [4.78, 5) is 47.4. The van der Waals surface area contributed by atoms with Crippen molar-refractivity contribution in [1.29, 1.82) is 0 Å². The summed E-state index contributed by atoms with van der Waals surface area (Å²) in [6.45, 7) is 0.706. The Morgan fingerprint density at radius 1 is 1.29 bits per heavy atom. The summed E-state index contributed by atoms with van der Waals surface area (Å²) in [6, 6.07) is 2.89. The molecule has 13 heteroatoms. The number of benzene rings is 1. The Kier molecular flexibility index (Phi) is 6.32. The number of fused-ring (bicyclic) bond motifs is 2. The van der Waals surface area contributed by atoms with Crippen molar-refractivity contribution in [2.45, 2.75) is 30.4 Å². The third-order valence-corrected chi connectivity index (χ3v) is 6.84. The van der Waals surface area contributed by atoms with Crippen LogP contribution in [0.1, 0.15) is 19.3 Å². The van der Waals surface area contributed by atoms with Crippen LogP contribution >= 0.6 is 11.8 Å². The van der Waals surface area contributed by atoms with E-state index in [2.05, 4.69) is 20.6 Å². The van der Waals surface area contributed by atoms with Gasteiger partial charge in [0.2, 0.25) is 11.8 Å². The number of rotatable bonds is 7. The number of halogens is 1. The number of hydrogen-bond acceptors (Lipinski definition) is 9. The maximum Gasteiger partial charge on any atom is 0.415 e. The lowest BCUT2D eigenvalue weighted by Crippen LogP contribution is -2.37. The lowest BCUT2D eigenvalue weighted by Gasteiger charge is -2.29. The molecular weight excluding hydrogens is 479 g/mol. The minimum atomic E-state index is -0.534. The van der Waals surface area contributed by atoms with Gasteiger partial charge in [-0.25, -0.2) is 19.2 Å². The molecule has 1 saturated heterocycles. The summed E-state index contributed by atoms with van der Waals surface area (Å²) in [5.74, 6) is 0.111. The van der Waals surface area contributed by atoms with Crippen LogP contribution < -0.4 is 25.2 Å². The standard InChI is InChI=1S/C22H23FN6O5S/c1-28-17(31)9-24-14-6-5-13(23)19(18(14)28)33-7-3-2-4-12-10-29(22(32)34-12)15-8-25-21-20(26-15)27-16(30)11-35-21/h5-6,8,12,24H,2-4,7,9-11H2,1H3,(H,26,27,30)/t12-/m0/s1. The van der Waals surface area contributed by atoms with Gasteiger partial charge in [0.25, 0.3) is 0 Å². The van der Waals surface area contributed by atoms with Crippen LogP contribution in [0.3, 0.4) is 0 Å². The van der Waals surface area contributed by atoms with Gasteiger partial charge in [-0.15, -0.1) is 0 Å². The second-order valence-electron chi connectivity index (χ2n) is 8.26. The number of aromatic nitrogens is 2. The normalized spacial score (nSPS) is 19.0. The van der Waals surface area contributed by atoms with Crippen LogP contribution in [0.5, 0.6) is 5.75 Å². The van der Waals surface area contributed by atoms with E-state index in [9.17, 15) is 18.8 Å². The molecule has 3 aliphatic heterocycles. The number of thioether (sulfide) groups is 1. The van der Waals surface area contributed by atoms with Crippen LogP contribution in [0.25, 0.3) is 0 Å². The van der Waals surface area contributed by atoms with E-state index >= 15 is 0 Å². The van der Waals surface area contributed by atoms with Crippen molar-refractivity contribution in [3.8, 4) is 5.75 Å². The highest BCUT2D eigenvalue weighted by Gasteiger charge is 2.34. The number of nitrogens with one attached hydrogen (secondary N) is 2. The van der Waals surface area contributed by atoms with Crippen molar-refractivity contribution in [2.75, 3.05) is 52.9 Å². The number of carbonyl (C=O) groups excluding carboxylic acids is 3. The topological polar surface area (TPSA) is 126 Å². The molecule has 0 bridgehead atoms. The molecule has 184 valence electrons. The molecule has 1 fully saturated rings. The van der Waals surface area contributed by atoms with E-state index < -0.39 is 11.9 Å². The highest BCUT2D eigenvalue weighted by molar-refractivity contribution is 8.00. The Balaban J connectivity index is 1.13. The summed E-state index contributed by atoms with van der Waals surface area (Å²) in [5.41, 5.74) is 1.03. The Labute approximate surface area is 204 Å². The van der Waals surface area contributed by atoms with E-state index in [1.165, 1.54) is 33.8 Å². The van der Waals surface area contributed by atoms with Gasteiger partial charge in [0.1, 0.15) is 16.8 Å².